The normalized spacial score (nSPS) is 16.3. The Labute approximate surface area is 181 Å². The molecule has 1 saturated heterocycles. The second-order valence-corrected chi connectivity index (χ2v) is 8.17. The van der Waals surface area contributed by atoms with Crippen LogP contribution in [0.4, 0.5) is 10.2 Å². The number of amides is 1. The number of carbonyl (C=O) groups is 1. The summed E-state index contributed by atoms with van der Waals surface area (Å²) in [5, 5.41) is 0. The molecule has 31 heavy (non-hydrogen) atoms. The number of benzene rings is 1. The van der Waals surface area contributed by atoms with Crippen LogP contribution in [0, 0.1) is 12.7 Å². The predicted octanol–water partition coefficient (Wildman–Crippen LogP) is 4.07. The Kier molecular flexibility index (Phi) is 5.93. The fourth-order valence-electron chi connectivity index (χ4n) is 3.83. The Morgan fingerprint density at radius 2 is 2.03 bits per heavy atom. The molecule has 1 atom stereocenters. The van der Waals surface area contributed by atoms with Gasteiger partial charge in [-0.3, -0.25) is 9.78 Å². The average molecular weight is 420 g/mol. The average Bonchev–Trinajstić information content (AvgIpc) is 2.80. The van der Waals surface area contributed by atoms with Gasteiger partial charge in [-0.1, -0.05) is 6.07 Å². The van der Waals surface area contributed by atoms with Crippen LogP contribution in [0.5, 0.6) is 0 Å². The van der Waals surface area contributed by atoms with Gasteiger partial charge in [0.25, 0.3) is 5.91 Å². The third-order valence-corrected chi connectivity index (χ3v) is 5.66. The molecule has 0 unspecified atom stereocenters. The summed E-state index contributed by atoms with van der Waals surface area (Å²) >= 11 is 0. The van der Waals surface area contributed by atoms with Gasteiger partial charge in [0.1, 0.15) is 11.6 Å². The van der Waals surface area contributed by atoms with Crippen molar-refractivity contribution >= 4 is 11.7 Å². The molecule has 1 aromatic carbocycles. The van der Waals surface area contributed by atoms with E-state index in [1.54, 1.807) is 36.4 Å². The molecule has 1 aliphatic heterocycles. The van der Waals surface area contributed by atoms with Crippen LogP contribution < -0.4 is 4.90 Å². The molecule has 1 aliphatic rings. The third-order valence-electron chi connectivity index (χ3n) is 5.66. The minimum atomic E-state index is -0.355. The standard InChI is InChI=1S/C24H26FN5O/c1-16-8-9-17(12-20(16)25)24(31)30-11-5-7-19(15-30)21-13-22(29(2)3)28-23(27-21)18-6-4-10-26-14-18/h4,6,8-10,12-14,19H,5,7,11,15H2,1-3H3/t19-/m0/s1. The topological polar surface area (TPSA) is 62.2 Å². The van der Waals surface area contributed by atoms with E-state index in [9.17, 15) is 9.18 Å². The summed E-state index contributed by atoms with van der Waals surface area (Å²) in [7, 11) is 3.89. The van der Waals surface area contributed by atoms with Gasteiger partial charge in [-0.2, -0.15) is 0 Å². The summed E-state index contributed by atoms with van der Waals surface area (Å²) in [6, 6.07) is 10.5. The fraction of sp³-hybridized carbons (Fsp3) is 0.333. The van der Waals surface area contributed by atoms with Crippen LogP contribution in [0.3, 0.4) is 0 Å². The van der Waals surface area contributed by atoms with Gasteiger partial charge in [0, 0.05) is 62.7 Å². The van der Waals surface area contributed by atoms with Crippen LogP contribution in [0.25, 0.3) is 11.4 Å². The maximum Gasteiger partial charge on any atom is 0.253 e. The molecule has 3 heterocycles. The molecule has 7 heteroatoms. The van der Waals surface area contributed by atoms with E-state index in [1.807, 2.05) is 37.2 Å². The lowest BCUT2D eigenvalue weighted by Crippen LogP contribution is -2.39. The molecule has 0 radical (unpaired) electrons. The van der Waals surface area contributed by atoms with E-state index >= 15 is 0 Å². The van der Waals surface area contributed by atoms with Gasteiger partial charge in [0.2, 0.25) is 0 Å². The molecule has 6 nitrogen and oxygen atoms in total. The Bertz CT molecular complexity index is 1090. The number of rotatable bonds is 4. The monoisotopic (exact) mass is 419 g/mol. The summed E-state index contributed by atoms with van der Waals surface area (Å²) in [5.74, 6) is 1.03. The van der Waals surface area contributed by atoms with Crippen molar-refractivity contribution in [2.75, 3.05) is 32.1 Å². The Balaban J connectivity index is 1.62. The van der Waals surface area contributed by atoms with E-state index in [4.69, 9.17) is 4.98 Å². The molecular formula is C24H26FN5O. The van der Waals surface area contributed by atoms with E-state index in [2.05, 4.69) is 9.97 Å². The highest BCUT2D eigenvalue weighted by atomic mass is 19.1. The number of carbonyl (C=O) groups excluding carboxylic acids is 1. The first-order chi connectivity index (χ1) is 14.9. The minimum Gasteiger partial charge on any atom is -0.363 e. The van der Waals surface area contributed by atoms with Crippen molar-refractivity contribution in [1.29, 1.82) is 0 Å². The molecule has 0 bridgehead atoms. The number of aryl methyl sites for hydroxylation is 1. The third kappa shape index (κ3) is 4.55. The second-order valence-electron chi connectivity index (χ2n) is 8.17. The summed E-state index contributed by atoms with van der Waals surface area (Å²) in [5.41, 5.74) is 2.68. The summed E-state index contributed by atoms with van der Waals surface area (Å²) < 4.78 is 14.0. The smallest absolute Gasteiger partial charge is 0.253 e. The zero-order valence-electron chi connectivity index (χ0n) is 18.0. The maximum atomic E-state index is 14.0. The van der Waals surface area contributed by atoms with Crippen molar-refractivity contribution in [3.63, 3.8) is 0 Å². The lowest BCUT2D eigenvalue weighted by atomic mass is 9.93. The van der Waals surface area contributed by atoms with Crippen LogP contribution in [0.1, 0.15) is 40.4 Å². The van der Waals surface area contributed by atoms with E-state index < -0.39 is 0 Å². The molecule has 1 fully saturated rings. The number of nitrogens with zero attached hydrogens (tertiary/aromatic N) is 5. The number of hydrogen-bond acceptors (Lipinski definition) is 5. The molecular weight excluding hydrogens is 393 g/mol. The van der Waals surface area contributed by atoms with Gasteiger partial charge in [0.05, 0.1) is 5.69 Å². The molecule has 0 spiro atoms. The van der Waals surface area contributed by atoms with E-state index in [-0.39, 0.29) is 17.6 Å². The molecule has 0 saturated carbocycles. The van der Waals surface area contributed by atoms with Gasteiger partial charge < -0.3 is 9.80 Å². The van der Waals surface area contributed by atoms with Crippen molar-refractivity contribution < 1.29 is 9.18 Å². The van der Waals surface area contributed by atoms with Gasteiger partial charge >= 0.3 is 0 Å². The Hall–Kier alpha value is -3.35. The van der Waals surface area contributed by atoms with Gasteiger partial charge in [-0.25, -0.2) is 14.4 Å². The summed E-state index contributed by atoms with van der Waals surface area (Å²) in [6.45, 7) is 2.90. The minimum absolute atomic E-state index is 0.0881. The van der Waals surface area contributed by atoms with Crippen LogP contribution in [0.2, 0.25) is 0 Å². The number of halogens is 1. The van der Waals surface area contributed by atoms with Gasteiger partial charge in [0.15, 0.2) is 5.82 Å². The van der Waals surface area contributed by atoms with E-state index in [0.29, 0.717) is 30.0 Å². The quantitative estimate of drug-likeness (QED) is 0.638. The number of aromatic nitrogens is 3. The lowest BCUT2D eigenvalue weighted by molar-refractivity contribution is 0.0705. The predicted molar refractivity (Wildman–Crippen MR) is 119 cm³/mol. The first-order valence-electron chi connectivity index (χ1n) is 10.4. The first-order valence-corrected chi connectivity index (χ1v) is 10.4. The van der Waals surface area contributed by atoms with Crippen LogP contribution in [-0.4, -0.2) is 52.9 Å². The number of piperidine rings is 1. The largest absolute Gasteiger partial charge is 0.363 e. The molecule has 3 aromatic rings. The SMILES string of the molecule is Cc1ccc(C(=O)N2CCC[C@H](c3cc(N(C)C)nc(-c4cccnc4)n3)C2)cc1F. The highest BCUT2D eigenvalue weighted by Crippen LogP contribution is 2.30. The number of pyridine rings is 1. The summed E-state index contributed by atoms with van der Waals surface area (Å²) in [4.78, 5) is 30.4. The number of anilines is 1. The lowest BCUT2D eigenvalue weighted by Gasteiger charge is -2.33. The molecule has 2 aromatic heterocycles. The zero-order chi connectivity index (χ0) is 22.0. The summed E-state index contributed by atoms with van der Waals surface area (Å²) in [6.07, 6.45) is 5.27. The molecule has 160 valence electrons. The Morgan fingerprint density at radius 3 is 2.74 bits per heavy atom. The van der Waals surface area contributed by atoms with Crippen molar-refractivity contribution in [2.45, 2.75) is 25.7 Å². The van der Waals surface area contributed by atoms with E-state index in [1.165, 1.54) is 6.07 Å². The zero-order valence-corrected chi connectivity index (χ0v) is 18.0. The van der Waals surface area contributed by atoms with Crippen molar-refractivity contribution in [1.82, 2.24) is 19.9 Å². The number of likely N-dealkylation sites (tertiary alicyclic amines) is 1. The molecule has 4 rings (SSSR count). The Morgan fingerprint density at radius 1 is 1.19 bits per heavy atom. The van der Waals surface area contributed by atoms with Gasteiger partial charge in [-0.15, -0.1) is 0 Å². The molecule has 1 amide bonds. The number of hydrogen-bond donors (Lipinski definition) is 0. The van der Waals surface area contributed by atoms with Crippen LogP contribution in [-0.2, 0) is 0 Å². The molecule has 0 N–H and O–H groups in total. The van der Waals surface area contributed by atoms with Gasteiger partial charge in [-0.05, 0) is 49.6 Å². The van der Waals surface area contributed by atoms with Crippen LogP contribution >= 0.6 is 0 Å². The van der Waals surface area contributed by atoms with Crippen LogP contribution in [0.15, 0.2) is 48.8 Å². The highest BCUT2D eigenvalue weighted by molar-refractivity contribution is 5.94. The first kappa shape index (κ1) is 20.9. The van der Waals surface area contributed by atoms with Crippen molar-refractivity contribution in [3.05, 3.63) is 71.4 Å². The van der Waals surface area contributed by atoms with E-state index in [0.717, 1.165) is 29.9 Å². The van der Waals surface area contributed by atoms with Crippen molar-refractivity contribution in [3.8, 4) is 11.4 Å². The highest BCUT2D eigenvalue weighted by Gasteiger charge is 2.27. The second kappa shape index (κ2) is 8.79. The van der Waals surface area contributed by atoms with Crippen molar-refractivity contribution in [2.24, 2.45) is 0 Å². The maximum absolute atomic E-state index is 14.0. The molecule has 0 aliphatic carbocycles. The fourth-order valence-corrected chi connectivity index (χ4v) is 3.83.